The predicted octanol–water partition coefficient (Wildman–Crippen LogP) is 4.35. The van der Waals surface area contributed by atoms with Crippen LogP contribution in [0.3, 0.4) is 0 Å². The molecule has 0 aliphatic heterocycles. The van der Waals surface area contributed by atoms with Crippen molar-refractivity contribution >= 4 is 27.5 Å². The molecule has 1 N–H and O–H groups in total. The topological polar surface area (TPSA) is 47.6 Å². The number of carbonyl (C=O) groups excluding carboxylic acids is 1. The lowest BCUT2D eigenvalue weighted by Gasteiger charge is -2.12. The molecule has 2 rings (SSSR count). The summed E-state index contributed by atoms with van der Waals surface area (Å²) in [5.74, 6) is 1.33. The molecule has 0 radical (unpaired) electrons. The molecular weight excluding hydrogens is 358 g/mol. The number of carbonyl (C=O) groups is 1. The van der Waals surface area contributed by atoms with Gasteiger partial charge in [0.15, 0.2) is 11.5 Å². The maximum atomic E-state index is 12.1. The fourth-order valence-corrected chi connectivity index (χ4v) is 2.59. The number of rotatable bonds is 6. The SMILES string of the molecule is COc1cccc(CCC(=O)Nc2ccc(Br)c(C)c2)c1OC. The molecule has 0 aliphatic rings. The monoisotopic (exact) mass is 377 g/mol. The Hall–Kier alpha value is -2.01. The number of hydrogen-bond donors (Lipinski definition) is 1. The van der Waals surface area contributed by atoms with Crippen LogP contribution < -0.4 is 14.8 Å². The lowest BCUT2D eigenvalue weighted by Crippen LogP contribution is -2.12. The van der Waals surface area contributed by atoms with Crippen molar-refractivity contribution in [3.8, 4) is 11.5 Å². The molecule has 122 valence electrons. The van der Waals surface area contributed by atoms with Gasteiger partial charge in [-0.1, -0.05) is 28.1 Å². The molecule has 0 saturated carbocycles. The Balaban J connectivity index is 2.00. The molecule has 0 spiro atoms. The Morgan fingerprint density at radius 3 is 2.61 bits per heavy atom. The average Bonchev–Trinajstić information content (AvgIpc) is 2.55. The molecule has 0 bridgehead atoms. The van der Waals surface area contributed by atoms with E-state index in [1.807, 2.05) is 43.3 Å². The number of ether oxygens (including phenoxy) is 2. The van der Waals surface area contributed by atoms with Crippen LogP contribution in [-0.4, -0.2) is 20.1 Å². The van der Waals surface area contributed by atoms with Crippen molar-refractivity contribution in [3.05, 3.63) is 52.0 Å². The molecule has 4 nitrogen and oxygen atoms in total. The van der Waals surface area contributed by atoms with Gasteiger partial charge in [-0.15, -0.1) is 0 Å². The van der Waals surface area contributed by atoms with Crippen LogP contribution in [-0.2, 0) is 11.2 Å². The third-order valence-electron chi connectivity index (χ3n) is 3.55. The van der Waals surface area contributed by atoms with Crippen molar-refractivity contribution in [2.45, 2.75) is 19.8 Å². The molecule has 1 amide bonds. The summed E-state index contributed by atoms with van der Waals surface area (Å²) in [6, 6.07) is 11.4. The molecule has 0 saturated heterocycles. The molecule has 0 fully saturated rings. The van der Waals surface area contributed by atoms with Crippen LogP contribution >= 0.6 is 15.9 Å². The standard InChI is InChI=1S/C18H20BrNO3/c1-12-11-14(8-9-15(12)19)20-17(21)10-7-13-5-4-6-16(22-2)18(13)23-3/h4-6,8-9,11H,7,10H2,1-3H3,(H,20,21). The Morgan fingerprint density at radius 1 is 1.17 bits per heavy atom. The van der Waals surface area contributed by atoms with E-state index in [9.17, 15) is 4.79 Å². The molecule has 2 aromatic carbocycles. The van der Waals surface area contributed by atoms with Crippen molar-refractivity contribution in [1.82, 2.24) is 0 Å². The van der Waals surface area contributed by atoms with Gasteiger partial charge in [-0.25, -0.2) is 0 Å². The molecule has 0 aliphatic carbocycles. The second-order valence-electron chi connectivity index (χ2n) is 5.16. The minimum absolute atomic E-state index is 0.0309. The number of methoxy groups -OCH3 is 2. The molecule has 2 aromatic rings. The predicted molar refractivity (Wildman–Crippen MR) is 95.4 cm³/mol. The molecular formula is C18H20BrNO3. The minimum Gasteiger partial charge on any atom is -0.493 e. The van der Waals surface area contributed by atoms with Crippen LogP contribution in [0.25, 0.3) is 0 Å². The summed E-state index contributed by atoms with van der Waals surface area (Å²) >= 11 is 3.45. The molecule has 0 atom stereocenters. The molecule has 23 heavy (non-hydrogen) atoms. The molecule has 0 aromatic heterocycles. The van der Waals surface area contributed by atoms with Gasteiger partial charge < -0.3 is 14.8 Å². The zero-order chi connectivity index (χ0) is 16.8. The first-order valence-corrected chi connectivity index (χ1v) is 8.10. The van der Waals surface area contributed by atoms with Crippen molar-refractivity contribution in [2.75, 3.05) is 19.5 Å². The van der Waals surface area contributed by atoms with Crippen LogP contribution in [0, 0.1) is 6.92 Å². The van der Waals surface area contributed by atoms with Gasteiger partial charge in [-0.2, -0.15) is 0 Å². The zero-order valence-corrected chi connectivity index (χ0v) is 15.1. The van der Waals surface area contributed by atoms with Gasteiger partial charge in [0.05, 0.1) is 14.2 Å². The number of hydrogen-bond acceptors (Lipinski definition) is 3. The maximum Gasteiger partial charge on any atom is 0.224 e. The van der Waals surface area contributed by atoms with Gasteiger partial charge in [0.25, 0.3) is 0 Å². The quantitative estimate of drug-likeness (QED) is 0.813. The van der Waals surface area contributed by atoms with E-state index in [-0.39, 0.29) is 5.91 Å². The highest BCUT2D eigenvalue weighted by Crippen LogP contribution is 2.31. The van der Waals surface area contributed by atoms with E-state index >= 15 is 0 Å². The first kappa shape index (κ1) is 17.3. The van der Waals surface area contributed by atoms with Gasteiger partial charge in [0, 0.05) is 16.6 Å². The summed E-state index contributed by atoms with van der Waals surface area (Å²) in [4.78, 5) is 12.1. The molecule has 0 heterocycles. The van der Waals surface area contributed by atoms with Crippen molar-refractivity contribution in [1.29, 1.82) is 0 Å². The Morgan fingerprint density at radius 2 is 1.96 bits per heavy atom. The van der Waals surface area contributed by atoms with Crippen LogP contribution in [0.1, 0.15) is 17.5 Å². The van der Waals surface area contributed by atoms with Crippen LogP contribution in [0.4, 0.5) is 5.69 Å². The summed E-state index contributed by atoms with van der Waals surface area (Å²) < 4.78 is 11.7. The summed E-state index contributed by atoms with van der Waals surface area (Å²) in [5, 5.41) is 2.91. The van der Waals surface area contributed by atoms with E-state index in [1.165, 1.54) is 0 Å². The minimum atomic E-state index is -0.0309. The Labute approximate surface area is 144 Å². The van der Waals surface area contributed by atoms with Crippen LogP contribution in [0.2, 0.25) is 0 Å². The number of halogens is 1. The van der Waals surface area contributed by atoms with Crippen molar-refractivity contribution in [3.63, 3.8) is 0 Å². The summed E-state index contributed by atoms with van der Waals surface area (Å²) in [6.07, 6.45) is 0.959. The molecule has 0 unspecified atom stereocenters. The number of benzene rings is 2. The highest BCUT2D eigenvalue weighted by atomic mass is 79.9. The summed E-state index contributed by atoms with van der Waals surface area (Å²) in [7, 11) is 3.20. The van der Waals surface area contributed by atoms with Gasteiger partial charge in [0.1, 0.15) is 0 Å². The number of aryl methyl sites for hydroxylation is 2. The second-order valence-corrected chi connectivity index (χ2v) is 6.02. The van der Waals surface area contributed by atoms with Crippen molar-refractivity contribution in [2.24, 2.45) is 0 Å². The van der Waals surface area contributed by atoms with E-state index < -0.39 is 0 Å². The Bertz CT molecular complexity index is 701. The molecule has 5 heteroatoms. The third kappa shape index (κ3) is 4.48. The number of para-hydroxylation sites is 1. The lowest BCUT2D eigenvalue weighted by molar-refractivity contribution is -0.116. The van der Waals surface area contributed by atoms with E-state index in [0.29, 0.717) is 24.3 Å². The van der Waals surface area contributed by atoms with E-state index in [4.69, 9.17) is 9.47 Å². The van der Waals surface area contributed by atoms with Crippen LogP contribution in [0.5, 0.6) is 11.5 Å². The number of amides is 1. The highest BCUT2D eigenvalue weighted by Gasteiger charge is 2.11. The summed E-state index contributed by atoms with van der Waals surface area (Å²) in [6.45, 7) is 1.99. The lowest BCUT2D eigenvalue weighted by atomic mass is 10.1. The fourth-order valence-electron chi connectivity index (χ4n) is 2.34. The maximum absolute atomic E-state index is 12.1. The van der Waals surface area contributed by atoms with E-state index in [2.05, 4.69) is 21.2 Å². The Kier molecular flexibility index (Phi) is 6.04. The zero-order valence-electron chi connectivity index (χ0n) is 13.5. The van der Waals surface area contributed by atoms with E-state index in [1.54, 1.807) is 14.2 Å². The van der Waals surface area contributed by atoms with Gasteiger partial charge in [-0.3, -0.25) is 4.79 Å². The van der Waals surface area contributed by atoms with Gasteiger partial charge >= 0.3 is 0 Å². The third-order valence-corrected chi connectivity index (χ3v) is 4.44. The first-order chi connectivity index (χ1) is 11.0. The van der Waals surface area contributed by atoms with E-state index in [0.717, 1.165) is 21.3 Å². The van der Waals surface area contributed by atoms with Gasteiger partial charge in [0.2, 0.25) is 5.91 Å². The average molecular weight is 378 g/mol. The summed E-state index contributed by atoms with van der Waals surface area (Å²) in [5.41, 5.74) is 2.83. The highest BCUT2D eigenvalue weighted by molar-refractivity contribution is 9.10. The smallest absolute Gasteiger partial charge is 0.224 e. The van der Waals surface area contributed by atoms with Crippen LogP contribution in [0.15, 0.2) is 40.9 Å². The number of nitrogens with one attached hydrogen (secondary N) is 1. The number of anilines is 1. The van der Waals surface area contributed by atoms with Gasteiger partial charge in [-0.05, 0) is 48.7 Å². The normalized spacial score (nSPS) is 10.3. The second kappa shape index (κ2) is 8.02. The van der Waals surface area contributed by atoms with Crippen molar-refractivity contribution < 1.29 is 14.3 Å². The largest absolute Gasteiger partial charge is 0.493 e. The fraction of sp³-hybridized carbons (Fsp3) is 0.278. The first-order valence-electron chi connectivity index (χ1n) is 7.31.